The molecule has 2 fully saturated rings. The van der Waals surface area contributed by atoms with Crippen molar-refractivity contribution >= 4 is 5.91 Å². The standard InChI is InChI=1S/C12H20N6O2/c19-12(11-13-15-16-14-11)18-3-1-10(2-4-18)9-17-5-7-20-8-6-17/h10H,1-9H2,(H,13,14,15,16). The maximum Gasteiger partial charge on any atom is 0.295 e. The summed E-state index contributed by atoms with van der Waals surface area (Å²) >= 11 is 0. The minimum Gasteiger partial charge on any atom is -0.379 e. The van der Waals surface area contributed by atoms with Gasteiger partial charge in [0.05, 0.1) is 13.2 Å². The molecule has 0 aliphatic carbocycles. The lowest BCUT2D eigenvalue weighted by Crippen LogP contribution is -2.44. The Morgan fingerprint density at radius 2 is 2.00 bits per heavy atom. The van der Waals surface area contributed by atoms with Gasteiger partial charge in [-0.3, -0.25) is 9.69 Å². The highest BCUT2D eigenvalue weighted by atomic mass is 16.5. The molecule has 0 bridgehead atoms. The van der Waals surface area contributed by atoms with Crippen molar-refractivity contribution in [1.82, 2.24) is 30.4 Å². The molecule has 0 saturated carbocycles. The summed E-state index contributed by atoms with van der Waals surface area (Å²) in [5.41, 5.74) is 0. The van der Waals surface area contributed by atoms with Crippen molar-refractivity contribution in [1.29, 1.82) is 0 Å². The monoisotopic (exact) mass is 280 g/mol. The Morgan fingerprint density at radius 1 is 1.25 bits per heavy atom. The molecule has 1 amide bonds. The van der Waals surface area contributed by atoms with E-state index in [1.54, 1.807) is 0 Å². The molecule has 8 nitrogen and oxygen atoms in total. The molecule has 0 radical (unpaired) electrons. The van der Waals surface area contributed by atoms with E-state index in [1.165, 1.54) is 0 Å². The van der Waals surface area contributed by atoms with Crippen LogP contribution in [0.25, 0.3) is 0 Å². The van der Waals surface area contributed by atoms with E-state index in [2.05, 4.69) is 25.5 Å². The number of hydrogen-bond donors (Lipinski definition) is 1. The fraction of sp³-hybridized carbons (Fsp3) is 0.833. The molecule has 3 rings (SSSR count). The van der Waals surface area contributed by atoms with Crippen molar-refractivity contribution in [3.63, 3.8) is 0 Å². The van der Waals surface area contributed by atoms with Crippen LogP contribution >= 0.6 is 0 Å². The molecule has 1 aromatic rings. The minimum atomic E-state index is -0.122. The van der Waals surface area contributed by atoms with E-state index in [1.807, 2.05) is 4.90 Å². The third-order valence-corrected chi connectivity index (χ3v) is 4.06. The Labute approximate surface area is 117 Å². The lowest BCUT2D eigenvalue weighted by Gasteiger charge is -2.35. The number of piperidine rings is 1. The molecule has 2 aliphatic rings. The Morgan fingerprint density at radius 3 is 2.65 bits per heavy atom. The summed E-state index contributed by atoms with van der Waals surface area (Å²) in [4.78, 5) is 16.4. The van der Waals surface area contributed by atoms with Gasteiger partial charge in [-0.05, 0) is 24.0 Å². The molecule has 2 saturated heterocycles. The van der Waals surface area contributed by atoms with E-state index in [0.717, 1.165) is 58.8 Å². The molecule has 0 atom stereocenters. The second kappa shape index (κ2) is 6.27. The maximum absolute atomic E-state index is 12.1. The molecule has 1 N–H and O–H groups in total. The van der Waals surface area contributed by atoms with Crippen molar-refractivity contribution in [2.75, 3.05) is 45.9 Å². The zero-order valence-electron chi connectivity index (χ0n) is 11.5. The number of hydrogen-bond acceptors (Lipinski definition) is 6. The molecule has 2 aliphatic heterocycles. The van der Waals surface area contributed by atoms with Crippen LogP contribution in [0.3, 0.4) is 0 Å². The van der Waals surface area contributed by atoms with Crippen LogP contribution in [0.2, 0.25) is 0 Å². The first-order valence-electron chi connectivity index (χ1n) is 7.16. The van der Waals surface area contributed by atoms with Crippen molar-refractivity contribution in [3.05, 3.63) is 5.82 Å². The second-order valence-corrected chi connectivity index (χ2v) is 5.38. The van der Waals surface area contributed by atoms with E-state index >= 15 is 0 Å². The van der Waals surface area contributed by atoms with Gasteiger partial charge in [0.2, 0.25) is 0 Å². The average Bonchev–Trinajstić information content (AvgIpc) is 3.03. The van der Waals surface area contributed by atoms with Crippen LogP contribution in [-0.4, -0.2) is 82.3 Å². The second-order valence-electron chi connectivity index (χ2n) is 5.38. The van der Waals surface area contributed by atoms with E-state index in [0.29, 0.717) is 5.92 Å². The molecule has 110 valence electrons. The zero-order chi connectivity index (χ0) is 13.8. The third kappa shape index (κ3) is 3.13. The quantitative estimate of drug-likeness (QED) is 0.794. The van der Waals surface area contributed by atoms with Crippen LogP contribution in [-0.2, 0) is 4.74 Å². The van der Waals surface area contributed by atoms with E-state index < -0.39 is 0 Å². The highest BCUT2D eigenvalue weighted by molar-refractivity contribution is 5.90. The maximum atomic E-state index is 12.1. The molecule has 0 spiro atoms. The predicted molar refractivity (Wildman–Crippen MR) is 70.1 cm³/mol. The fourth-order valence-electron chi connectivity index (χ4n) is 2.86. The smallest absolute Gasteiger partial charge is 0.295 e. The molecular weight excluding hydrogens is 260 g/mol. The summed E-state index contributed by atoms with van der Waals surface area (Å²) in [6, 6.07) is 0. The van der Waals surface area contributed by atoms with E-state index in [4.69, 9.17) is 4.74 Å². The van der Waals surface area contributed by atoms with Crippen molar-refractivity contribution in [2.45, 2.75) is 12.8 Å². The van der Waals surface area contributed by atoms with Gasteiger partial charge in [-0.2, -0.15) is 5.21 Å². The number of nitrogens with one attached hydrogen (secondary N) is 1. The number of aromatic nitrogens is 4. The number of nitrogens with zero attached hydrogens (tertiary/aromatic N) is 5. The summed E-state index contributed by atoms with van der Waals surface area (Å²) in [7, 11) is 0. The molecule has 20 heavy (non-hydrogen) atoms. The van der Waals surface area contributed by atoms with Crippen LogP contribution in [0.15, 0.2) is 0 Å². The van der Waals surface area contributed by atoms with Gasteiger partial charge in [-0.15, -0.1) is 10.2 Å². The first-order valence-corrected chi connectivity index (χ1v) is 7.16. The van der Waals surface area contributed by atoms with Gasteiger partial charge in [0.1, 0.15) is 0 Å². The Bertz CT molecular complexity index is 423. The number of ether oxygens (including phenoxy) is 1. The van der Waals surface area contributed by atoms with E-state index in [-0.39, 0.29) is 11.7 Å². The predicted octanol–water partition coefficient (Wildman–Crippen LogP) is -0.616. The zero-order valence-corrected chi connectivity index (χ0v) is 11.5. The van der Waals surface area contributed by atoms with Gasteiger partial charge in [0.15, 0.2) is 0 Å². The topological polar surface area (TPSA) is 87.2 Å². The highest BCUT2D eigenvalue weighted by Gasteiger charge is 2.27. The van der Waals surface area contributed by atoms with Crippen LogP contribution < -0.4 is 0 Å². The van der Waals surface area contributed by atoms with Crippen LogP contribution in [0.4, 0.5) is 0 Å². The number of rotatable bonds is 3. The number of tetrazole rings is 1. The summed E-state index contributed by atoms with van der Waals surface area (Å²) in [5, 5.41) is 13.2. The molecule has 0 unspecified atom stereocenters. The SMILES string of the molecule is O=C(c1nn[nH]n1)N1CCC(CN2CCOCC2)CC1. The Balaban J connectivity index is 1.45. The fourth-order valence-corrected chi connectivity index (χ4v) is 2.86. The summed E-state index contributed by atoms with van der Waals surface area (Å²) < 4.78 is 5.36. The first kappa shape index (κ1) is 13.4. The van der Waals surface area contributed by atoms with Crippen LogP contribution in [0.1, 0.15) is 23.5 Å². The lowest BCUT2D eigenvalue weighted by atomic mass is 9.96. The molecular formula is C12H20N6O2. The molecule has 3 heterocycles. The Hall–Kier alpha value is -1.54. The Kier molecular flexibility index (Phi) is 4.22. The summed E-state index contributed by atoms with van der Waals surface area (Å²) in [6.07, 6.45) is 2.09. The number of carbonyl (C=O) groups is 1. The summed E-state index contributed by atoms with van der Waals surface area (Å²) in [6.45, 7) is 6.42. The lowest BCUT2D eigenvalue weighted by molar-refractivity contribution is 0.0242. The number of carbonyl (C=O) groups excluding carboxylic acids is 1. The largest absolute Gasteiger partial charge is 0.379 e. The van der Waals surface area contributed by atoms with Gasteiger partial charge in [-0.25, -0.2) is 0 Å². The van der Waals surface area contributed by atoms with Crippen LogP contribution in [0.5, 0.6) is 0 Å². The number of amides is 1. The van der Waals surface area contributed by atoms with Crippen molar-refractivity contribution in [3.8, 4) is 0 Å². The number of likely N-dealkylation sites (tertiary alicyclic amines) is 1. The number of H-pyrrole nitrogens is 1. The average molecular weight is 280 g/mol. The van der Waals surface area contributed by atoms with Gasteiger partial charge >= 0.3 is 0 Å². The van der Waals surface area contributed by atoms with Gasteiger partial charge in [0.25, 0.3) is 11.7 Å². The van der Waals surface area contributed by atoms with Crippen LogP contribution in [0, 0.1) is 5.92 Å². The molecule has 0 aromatic carbocycles. The van der Waals surface area contributed by atoms with Gasteiger partial charge in [0, 0.05) is 32.7 Å². The van der Waals surface area contributed by atoms with Crippen molar-refractivity contribution < 1.29 is 9.53 Å². The normalized spacial score (nSPS) is 22.1. The first-order chi connectivity index (χ1) is 9.83. The van der Waals surface area contributed by atoms with Crippen molar-refractivity contribution in [2.24, 2.45) is 5.92 Å². The van der Waals surface area contributed by atoms with Gasteiger partial charge in [-0.1, -0.05) is 0 Å². The number of morpholine rings is 1. The molecule has 1 aromatic heterocycles. The number of aromatic amines is 1. The minimum absolute atomic E-state index is 0.122. The van der Waals surface area contributed by atoms with Gasteiger partial charge < -0.3 is 9.64 Å². The van der Waals surface area contributed by atoms with E-state index in [9.17, 15) is 4.79 Å². The third-order valence-electron chi connectivity index (χ3n) is 4.06. The highest BCUT2D eigenvalue weighted by Crippen LogP contribution is 2.19. The summed E-state index contributed by atoms with van der Waals surface area (Å²) in [5.74, 6) is 0.711. The molecule has 8 heteroatoms.